The molecule has 5 N–H and O–H groups in total. The number of hydrogen-bond acceptors (Lipinski definition) is 6. The Bertz CT molecular complexity index is 1050. The van der Waals surface area contributed by atoms with E-state index in [1.54, 1.807) is 26.0 Å². The number of primary amides is 1. The summed E-state index contributed by atoms with van der Waals surface area (Å²) >= 11 is 0. The molecule has 2 rings (SSSR count). The first-order valence-electron chi connectivity index (χ1n) is 12.2. The van der Waals surface area contributed by atoms with Crippen LogP contribution in [0.2, 0.25) is 0 Å². The lowest BCUT2D eigenvalue weighted by atomic mass is 9.84. The van der Waals surface area contributed by atoms with Crippen LogP contribution < -0.4 is 16.4 Å². The second kappa shape index (κ2) is 12.0. The quantitative estimate of drug-likeness (QED) is 0.129. The van der Waals surface area contributed by atoms with E-state index in [0.717, 1.165) is 31.3 Å². The van der Waals surface area contributed by atoms with E-state index in [-0.39, 0.29) is 17.3 Å². The van der Waals surface area contributed by atoms with Crippen molar-refractivity contribution >= 4 is 23.1 Å². The predicted molar refractivity (Wildman–Crippen MR) is 140 cm³/mol. The Kier molecular flexibility index (Phi) is 9.59. The average Bonchev–Trinajstić information content (AvgIpc) is 2.80. The van der Waals surface area contributed by atoms with Crippen LogP contribution in [-0.2, 0) is 4.79 Å². The van der Waals surface area contributed by atoms with Crippen LogP contribution in [-0.4, -0.2) is 33.4 Å². The van der Waals surface area contributed by atoms with E-state index in [9.17, 15) is 20.0 Å². The minimum Gasteiger partial charge on any atom is -0.390 e. The van der Waals surface area contributed by atoms with Gasteiger partial charge in [0.25, 0.3) is 5.69 Å². The molecule has 1 fully saturated rings. The number of aryl methyl sites for hydroxylation is 1. The van der Waals surface area contributed by atoms with Crippen LogP contribution in [0.15, 0.2) is 45.7 Å². The van der Waals surface area contributed by atoms with E-state index >= 15 is 0 Å². The Hall–Kier alpha value is -3.20. The third kappa shape index (κ3) is 7.65. The minimum absolute atomic E-state index is 0.0230. The number of amidine groups is 1. The maximum Gasteiger partial charge on any atom is 0.274 e. The average molecular weight is 486 g/mol. The summed E-state index contributed by atoms with van der Waals surface area (Å²) in [5, 5.41) is 28.2. The molecule has 1 amide bonds. The molecule has 192 valence electrons. The number of nitrogens with zero attached hydrogens (tertiary/aromatic N) is 2. The van der Waals surface area contributed by atoms with E-state index in [4.69, 9.17) is 10.7 Å². The van der Waals surface area contributed by atoms with Crippen molar-refractivity contribution < 1.29 is 14.8 Å². The zero-order valence-corrected chi connectivity index (χ0v) is 21.7. The molecule has 9 nitrogen and oxygen atoms in total. The van der Waals surface area contributed by atoms with Gasteiger partial charge in [-0.1, -0.05) is 25.5 Å². The van der Waals surface area contributed by atoms with Gasteiger partial charge in [-0.05, 0) is 77.9 Å². The van der Waals surface area contributed by atoms with Gasteiger partial charge < -0.3 is 21.5 Å². The van der Waals surface area contributed by atoms with Crippen molar-refractivity contribution in [3.05, 3.63) is 56.4 Å². The van der Waals surface area contributed by atoms with Crippen molar-refractivity contribution in [3.8, 4) is 0 Å². The number of amides is 1. The number of nitro groups is 1. The molecule has 35 heavy (non-hydrogen) atoms. The van der Waals surface area contributed by atoms with Gasteiger partial charge in [0.15, 0.2) is 0 Å². The second-order valence-corrected chi connectivity index (χ2v) is 9.54. The number of aliphatic imine (C=N–C) groups is 1. The van der Waals surface area contributed by atoms with Gasteiger partial charge in [-0.3, -0.25) is 19.9 Å². The van der Waals surface area contributed by atoms with Gasteiger partial charge in [-0.2, -0.15) is 0 Å². The first-order valence-corrected chi connectivity index (χ1v) is 12.2. The van der Waals surface area contributed by atoms with Crippen molar-refractivity contribution in [3.63, 3.8) is 0 Å². The highest BCUT2D eigenvalue weighted by Gasteiger charge is 2.29. The summed E-state index contributed by atoms with van der Waals surface area (Å²) in [4.78, 5) is 28.1. The van der Waals surface area contributed by atoms with Crippen LogP contribution in [0.4, 0.5) is 11.4 Å². The largest absolute Gasteiger partial charge is 0.390 e. The summed E-state index contributed by atoms with van der Waals surface area (Å²) in [6.45, 7) is 11.3. The lowest BCUT2D eigenvalue weighted by Gasteiger charge is -2.32. The Morgan fingerprint density at radius 2 is 1.89 bits per heavy atom. The summed E-state index contributed by atoms with van der Waals surface area (Å²) < 4.78 is 0. The zero-order chi connectivity index (χ0) is 26.3. The monoisotopic (exact) mass is 485 g/mol. The normalized spacial score (nSPS) is 22.1. The number of rotatable bonds is 9. The number of hydrogen-bond donors (Lipinski definition) is 4. The molecule has 1 aromatic rings. The Morgan fingerprint density at radius 1 is 1.26 bits per heavy atom. The van der Waals surface area contributed by atoms with Crippen LogP contribution in [0.3, 0.4) is 0 Å². The van der Waals surface area contributed by atoms with Gasteiger partial charge in [-0.15, -0.1) is 0 Å². The molecule has 1 saturated carbocycles. The first kappa shape index (κ1) is 28.0. The van der Waals surface area contributed by atoms with Crippen molar-refractivity contribution in [1.29, 1.82) is 0 Å². The molecule has 1 aromatic carbocycles. The summed E-state index contributed by atoms with van der Waals surface area (Å²) in [5.74, 6) is 0.346. The van der Waals surface area contributed by atoms with E-state index in [2.05, 4.69) is 31.4 Å². The number of allylic oxidation sites excluding steroid dienone is 1. The molecule has 9 heteroatoms. The van der Waals surface area contributed by atoms with E-state index in [0.29, 0.717) is 35.7 Å². The molecule has 0 aromatic heterocycles. The molecule has 0 bridgehead atoms. The van der Waals surface area contributed by atoms with Crippen LogP contribution in [0.25, 0.3) is 0 Å². The molecule has 0 heterocycles. The van der Waals surface area contributed by atoms with Gasteiger partial charge in [0.1, 0.15) is 11.7 Å². The Labute approximate surface area is 207 Å². The number of nitrogens with two attached hydrogens (primary N) is 1. The summed E-state index contributed by atoms with van der Waals surface area (Å²) in [6, 6.07) is 4.82. The van der Waals surface area contributed by atoms with Crippen molar-refractivity contribution in [2.75, 3.05) is 5.32 Å². The molecule has 0 atom stereocenters. The number of carbonyl (C=O) groups is 1. The molecule has 0 radical (unpaired) electrons. The van der Waals surface area contributed by atoms with Crippen LogP contribution in [0, 0.1) is 17.0 Å². The zero-order valence-electron chi connectivity index (χ0n) is 21.7. The van der Waals surface area contributed by atoms with Crippen LogP contribution in [0.1, 0.15) is 78.7 Å². The van der Waals surface area contributed by atoms with Crippen LogP contribution >= 0.6 is 0 Å². The van der Waals surface area contributed by atoms with Gasteiger partial charge in [0, 0.05) is 17.3 Å². The predicted octanol–water partition coefficient (Wildman–Crippen LogP) is 4.85. The lowest BCUT2D eigenvalue weighted by Crippen LogP contribution is -2.36. The first-order chi connectivity index (χ1) is 16.4. The van der Waals surface area contributed by atoms with Gasteiger partial charge in [-0.25, -0.2) is 0 Å². The highest BCUT2D eigenvalue weighted by atomic mass is 16.6. The van der Waals surface area contributed by atoms with Crippen LogP contribution in [0.5, 0.6) is 0 Å². The van der Waals surface area contributed by atoms with E-state index < -0.39 is 16.4 Å². The topological polar surface area (TPSA) is 143 Å². The van der Waals surface area contributed by atoms with E-state index in [1.165, 1.54) is 11.6 Å². The fraction of sp³-hybridized carbons (Fsp3) is 0.538. The summed E-state index contributed by atoms with van der Waals surface area (Å²) in [5.41, 5.74) is 8.37. The highest BCUT2D eigenvalue weighted by molar-refractivity contribution is 6.02. The second-order valence-electron chi connectivity index (χ2n) is 9.54. The SMILES string of the molecule is CC/C(C)=C(\CC)C(=NC1CCC(C)(O)CC1)N/C(Nc1ccc(C)c([N+](=O)[O-])c1)=C(\C)C(N)=O. The molecule has 0 aliphatic heterocycles. The third-order valence-electron chi connectivity index (χ3n) is 6.69. The third-order valence-corrected chi connectivity index (χ3v) is 6.69. The number of anilines is 1. The number of benzene rings is 1. The van der Waals surface area contributed by atoms with Gasteiger partial charge in [0.2, 0.25) is 5.91 Å². The van der Waals surface area contributed by atoms with Gasteiger partial charge in [0.05, 0.1) is 22.1 Å². The molecule has 1 aliphatic carbocycles. The Balaban J connectivity index is 2.52. The van der Waals surface area contributed by atoms with Gasteiger partial charge >= 0.3 is 0 Å². The van der Waals surface area contributed by atoms with E-state index in [1.807, 2.05) is 6.92 Å². The molecule has 0 spiro atoms. The number of nitro benzene ring substituents is 1. The molecular weight excluding hydrogens is 446 g/mol. The fourth-order valence-corrected chi connectivity index (χ4v) is 4.10. The number of carbonyl (C=O) groups excluding carboxylic acids is 1. The fourth-order valence-electron chi connectivity index (χ4n) is 4.10. The highest BCUT2D eigenvalue weighted by Crippen LogP contribution is 2.30. The number of nitrogens with one attached hydrogen (secondary N) is 2. The molecular formula is C26H39N5O4. The van der Waals surface area contributed by atoms with Crippen molar-refractivity contribution in [2.24, 2.45) is 10.7 Å². The minimum atomic E-state index is -0.669. The molecule has 0 saturated heterocycles. The molecule has 0 unspecified atom stereocenters. The Morgan fingerprint density at radius 3 is 2.40 bits per heavy atom. The summed E-state index contributed by atoms with van der Waals surface area (Å²) in [6.07, 6.45) is 4.42. The number of aliphatic hydroxyl groups is 1. The van der Waals surface area contributed by atoms with Crippen molar-refractivity contribution in [2.45, 2.75) is 91.7 Å². The maximum atomic E-state index is 12.1. The summed E-state index contributed by atoms with van der Waals surface area (Å²) in [7, 11) is 0. The lowest BCUT2D eigenvalue weighted by molar-refractivity contribution is -0.385. The molecule has 1 aliphatic rings. The maximum absolute atomic E-state index is 12.1. The standard InChI is InChI=1S/C26H39N5O4/c1-7-16(3)21(8-2)25(28-19-11-13-26(6,33)14-12-19)30-24(18(5)23(27)32)29-20-10-9-17(4)22(15-20)31(34)35/h9-10,15,19,29,33H,7-8,11-14H2,1-6H3,(H2,27,32)(H,28,30)/b21-16+,24-18+. The van der Waals surface area contributed by atoms with Crippen molar-refractivity contribution in [1.82, 2.24) is 5.32 Å². The smallest absolute Gasteiger partial charge is 0.274 e.